The molecule has 1 aliphatic heterocycles. The number of aryl methyl sites for hydroxylation is 2. The minimum Gasteiger partial charge on any atom is -0.459 e. The third kappa shape index (κ3) is 3.35. The van der Waals surface area contributed by atoms with Crippen LogP contribution < -0.4 is 4.74 Å². The SMILES string of the molecule is Cc1ccc(S(=O)(=O)N2CC[C@H](Oc3ncccn3)C2)cc1C. The molecule has 23 heavy (non-hydrogen) atoms. The van der Waals surface area contributed by atoms with E-state index in [-0.39, 0.29) is 12.1 Å². The van der Waals surface area contributed by atoms with E-state index in [4.69, 9.17) is 4.74 Å². The summed E-state index contributed by atoms with van der Waals surface area (Å²) in [5.41, 5.74) is 2.04. The fourth-order valence-electron chi connectivity index (χ4n) is 2.53. The summed E-state index contributed by atoms with van der Waals surface area (Å²) in [6.45, 7) is 4.63. The molecule has 0 unspecified atom stereocenters. The van der Waals surface area contributed by atoms with Gasteiger partial charge in [-0.3, -0.25) is 0 Å². The zero-order valence-corrected chi connectivity index (χ0v) is 14.0. The maximum Gasteiger partial charge on any atom is 0.316 e. The molecule has 2 heterocycles. The van der Waals surface area contributed by atoms with E-state index in [0.717, 1.165) is 11.1 Å². The van der Waals surface area contributed by atoms with E-state index >= 15 is 0 Å². The summed E-state index contributed by atoms with van der Waals surface area (Å²) in [6, 6.07) is 7.20. The second kappa shape index (κ2) is 6.25. The molecule has 7 heteroatoms. The van der Waals surface area contributed by atoms with Crippen LogP contribution in [0.2, 0.25) is 0 Å². The van der Waals surface area contributed by atoms with Crippen LogP contribution in [0.5, 0.6) is 6.01 Å². The highest BCUT2D eigenvalue weighted by Gasteiger charge is 2.34. The fourth-order valence-corrected chi connectivity index (χ4v) is 4.10. The lowest BCUT2D eigenvalue weighted by molar-refractivity contribution is 0.197. The first kappa shape index (κ1) is 15.9. The number of hydrogen-bond donors (Lipinski definition) is 0. The molecule has 3 rings (SSSR count). The summed E-state index contributed by atoms with van der Waals surface area (Å²) in [4.78, 5) is 8.35. The van der Waals surface area contributed by atoms with E-state index in [9.17, 15) is 8.42 Å². The summed E-state index contributed by atoms with van der Waals surface area (Å²) >= 11 is 0. The van der Waals surface area contributed by atoms with Crippen LogP contribution >= 0.6 is 0 Å². The summed E-state index contributed by atoms with van der Waals surface area (Å²) in [5, 5.41) is 0. The van der Waals surface area contributed by atoms with Gasteiger partial charge in [0.15, 0.2) is 0 Å². The molecule has 1 aromatic carbocycles. The van der Waals surface area contributed by atoms with E-state index < -0.39 is 10.0 Å². The van der Waals surface area contributed by atoms with Gasteiger partial charge in [0.1, 0.15) is 6.10 Å². The number of rotatable bonds is 4. The van der Waals surface area contributed by atoms with Gasteiger partial charge in [-0.2, -0.15) is 4.31 Å². The lowest BCUT2D eigenvalue weighted by Crippen LogP contribution is -2.31. The average Bonchev–Trinajstić information content (AvgIpc) is 3.00. The van der Waals surface area contributed by atoms with Gasteiger partial charge in [-0.05, 0) is 49.6 Å². The van der Waals surface area contributed by atoms with Crippen LogP contribution in [0, 0.1) is 13.8 Å². The maximum absolute atomic E-state index is 12.7. The average molecular weight is 333 g/mol. The second-order valence-electron chi connectivity index (χ2n) is 5.67. The van der Waals surface area contributed by atoms with Gasteiger partial charge < -0.3 is 4.74 Å². The third-order valence-electron chi connectivity index (χ3n) is 4.04. The Morgan fingerprint density at radius 1 is 1.17 bits per heavy atom. The number of nitrogens with zero attached hydrogens (tertiary/aromatic N) is 3. The Bertz CT molecular complexity index is 793. The molecule has 1 aliphatic rings. The standard InChI is InChI=1S/C16H19N3O3S/c1-12-4-5-15(10-13(12)2)23(20,21)19-9-6-14(11-19)22-16-17-7-3-8-18-16/h3-5,7-8,10,14H,6,9,11H2,1-2H3/t14-/m0/s1. The van der Waals surface area contributed by atoms with Crippen molar-refractivity contribution >= 4 is 10.0 Å². The van der Waals surface area contributed by atoms with Crippen LogP contribution in [0.1, 0.15) is 17.5 Å². The van der Waals surface area contributed by atoms with Crippen LogP contribution in [0.3, 0.4) is 0 Å². The van der Waals surface area contributed by atoms with E-state index in [2.05, 4.69) is 9.97 Å². The van der Waals surface area contributed by atoms with Gasteiger partial charge in [-0.25, -0.2) is 18.4 Å². The minimum atomic E-state index is -3.49. The molecule has 0 aliphatic carbocycles. The zero-order valence-electron chi connectivity index (χ0n) is 13.1. The van der Waals surface area contributed by atoms with Crippen molar-refractivity contribution in [3.05, 3.63) is 47.8 Å². The number of ether oxygens (including phenoxy) is 1. The molecule has 0 N–H and O–H groups in total. The molecule has 0 amide bonds. The van der Waals surface area contributed by atoms with Gasteiger partial charge in [0.05, 0.1) is 11.4 Å². The molecule has 1 atom stereocenters. The first-order valence-electron chi connectivity index (χ1n) is 7.48. The van der Waals surface area contributed by atoms with Gasteiger partial charge in [0.2, 0.25) is 10.0 Å². The van der Waals surface area contributed by atoms with Crippen molar-refractivity contribution < 1.29 is 13.2 Å². The largest absolute Gasteiger partial charge is 0.459 e. The van der Waals surface area contributed by atoms with Gasteiger partial charge >= 0.3 is 6.01 Å². The lowest BCUT2D eigenvalue weighted by Gasteiger charge is -2.17. The fraction of sp³-hybridized carbons (Fsp3) is 0.375. The molecule has 1 fully saturated rings. The first-order chi connectivity index (χ1) is 11.0. The van der Waals surface area contributed by atoms with Crippen molar-refractivity contribution in [2.45, 2.75) is 31.3 Å². The number of hydrogen-bond acceptors (Lipinski definition) is 5. The van der Waals surface area contributed by atoms with Crippen molar-refractivity contribution in [3.63, 3.8) is 0 Å². The predicted octanol–water partition coefficient (Wildman–Crippen LogP) is 1.94. The Balaban J connectivity index is 1.73. The summed E-state index contributed by atoms with van der Waals surface area (Å²) < 4.78 is 32.6. The molecule has 0 saturated carbocycles. The highest BCUT2D eigenvalue weighted by atomic mass is 32.2. The summed E-state index contributed by atoms with van der Waals surface area (Å²) in [5.74, 6) is 0. The molecule has 122 valence electrons. The van der Waals surface area contributed by atoms with Crippen molar-refractivity contribution in [1.29, 1.82) is 0 Å². The zero-order chi connectivity index (χ0) is 16.4. The summed E-state index contributed by atoms with van der Waals surface area (Å²) in [7, 11) is -3.49. The van der Waals surface area contributed by atoms with Crippen LogP contribution in [0.25, 0.3) is 0 Å². The third-order valence-corrected chi connectivity index (χ3v) is 5.90. The minimum absolute atomic E-state index is 0.223. The van der Waals surface area contributed by atoms with Crippen LogP contribution in [0.4, 0.5) is 0 Å². The quantitative estimate of drug-likeness (QED) is 0.855. The van der Waals surface area contributed by atoms with Crippen LogP contribution in [-0.2, 0) is 10.0 Å². The predicted molar refractivity (Wildman–Crippen MR) is 85.7 cm³/mol. The molecular weight excluding hydrogens is 314 g/mol. The Labute approximate surface area is 136 Å². The van der Waals surface area contributed by atoms with E-state index in [0.29, 0.717) is 24.4 Å². The van der Waals surface area contributed by atoms with Crippen molar-refractivity contribution in [2.24, 2.45) is 0 Å². The Morgan fingerprint density at radius 2 is 1.91 bits per heavy atom. The van der Waals surface area contributed by atoms with E-state index in [1.165, 1.54) is 4.31 Å². The van der Waals surface area contributed by atoms with Gasteiger partial charge in [0.25, 0.3) is 0 Å². The smallest absolute Gasteiger partial charge is 0.316 e. The van der Waals surface area contributed by atoms with Gasteiger partial charge in [0, 0.05) is 18.9 Å². The van der Waals surface area contributed by atoms with Gasteiger partial charge in [-0.15, -0.1) is 0 Å². The van der Waals surface area contributed by atoms with E-state index in [1.54, 1.807) is 30.6 Å². The molecule has 1 saturated heterocycles. The number of aromatic nitrogens is 2. The topological polar surface area (TPSA) is 72.4 Å². The first-order valence-corrected chi connectivity index (χ1v) is 8.92. The van der Waals surface area contributed by atoms with Gasteiger partial charge in [-0.1, -0.05) is 6.07 Å². The lowest BCUT2D eigenvalue weighted by atomic mass is 10.1. The number of sulfonamides is 1. The monoisotopic (exact) mass is 333 g/mol. The highest BCUT2D eigenvalue weighted by Crippen LogP contribution is 2.24. The molecule has 0 bridgehead atoms. The maximum atomic E-state index is 12.7. The van der Waals surface area contributed by atoms with Crippen LogP contribution in [0.15, 0.2) is 41.6 Å². The Morgan fingerprint density at radius 3 is 2.61 bits per heavy atom. The Kier molecular flexibility index (Phi) is 4.32. The van der Waals surface area contributed by atoms with E-state index in [1.807, 2.05) is 19.9 Å². The highest BCUT2D eigenvalue weighted by molar-refractivity contribution is 7.89. The molecule has 2 aromatic rings. The Hall–Kier alpha value is -1.99. The number of benzene rings is 1. The van der Waals surface area contributed by atoms with Crippen molar-refractivity contribution in [3.8, 4) is 6.01 Å². The summed E-state index contributed by atoms with van der Waals surface area (Å²) in [6.07, 6.45) is 3.60. The molecule has 1 aromatic heterocycles. The molecule has 0 radical (unpaired) electrons. The molecule has 0 spiro atoms. The normalized spacial score (nSPS) is 19.0. The molecule has 6 nitrogen and oxygen atoms in total. The van der Waals surface area contributed by atoms with Crippen LogP contribution in [-0.4, -0.2) is 41.9 Å². The molecular formula is C16H19N3O3S. The van der Waals surface area contributed by atoms with Crippen molar-refractivity contribution in [2.75, 3.05) is 13.1 Å². The van der Waals surface area contributed by atoms with Crippen molar-refractivity contribution in [1.82, 2.24) is 14.3 Å². The second-order valence-corrected chi connectivity index (χ2v) is 7.61.